The minimum absolute atomic E-state index is 0.0237. The molecule has 0 bridgehead atoms. The predicted molar refractivity (Wildman–Crippen MR) is 59.4 cm³/mol. The first-order valence-electron chi connectivity index (χ1n) is 4.99. The summed E-state index contributed by atoms with van der Waals surface area (Å²) in [6.07, 6.45) is -2.01. The van der Waals surface area contributed by atoms with Crippen LogP contribution in [0.5, 0.6) is 0 Å². The highest BCUT2D eigenvalue weighted by Gasteiger charge is 2.27. The molecule has 0 aliphatic rings. The van der Waals surface area contributed by atoms with Crippen molar-refractivity contribution in [2.24, 2.45) is 0 Å². The van der Waals surface area contributed by atoms with Gasteiger partial charge < -0.3 is 4.74 Å². The van der Waals surface area contributed by atoms with E-state index < -0.39 is 23.5 Å². The number of alkyl halides is 3. The van der Waals surface area contributed by atoms with E-state index in [4.69, 9.17) is 16.9 Å². The van der Waals surface area contributed by atoms with Crippen molar-refractivity contribution in [3.63, 3.8) is 0 Å². The fourth-order valence-corrected chi connectivity index (χ4v) is 1.62. The van der Waals surface area contributed by atoms with Crippen LogP contribution in [0.2, 0.25) is 0 Å². The molecule has 0 spiro atoms. The van der Waals surface area contributed by atoms with E-state index in [1.54, 1.807) is 13.0 Å². The molecule has 7 heteroatoms. The van der Waals surface area contributed by atoms with Crippen LogP contribution in [-0.2, 0) is 10.6 Å². The van der Waals surface area contributed by atoms with Crippen LogP contribution < -0.4 is 0 Å². The van der Waals surface area contributed by atoms with E-state index in [1.165, 1.54) is 0 Å². The molecule has 1 heterocycles. The Morgan fingerprint density at radius 1 is 1.67 bits per heavy atom. The van der Waals surface area contributed by atoms with Gasteiger partial charge in [-0.3, -0.25) is 4.98 Å². The minimum Gasteiger partial charge on any atom is -0.462 e. The van der Waals surface area contributed by atoms with E-state index >= 15 is 0 Å². The number of nitriles is 1. The van der Waals surface area contributed by atoms with E-state index in [0.29, 0.717) is 0 Å². The van der Waals surface area contributed by atoms with Crippen LogP contribution in [0, 0.1) is 11.3 Å². The van der Waals surface area contributed by atoms with Gasteiger partial charge in [0.25, 0.3) is 6.43 Å². The van der Waals surface area contributed by atoms with Crippen LogP contribution in [0.3, 0.4) is 0 Å². The third-order valence-electron chi connectivity index (χ3n) is 2.14. The quantitative estimate of drug-likeness (QED) is 0.625. The number of esters is 1. The first kappa shape index (κ1) is 14.3. The molecule has 0 saturated heterocycles. The second kappa shape index (κ2) is 6.26. The number of nitrogens with zero attached hydrogens (tertiary/aromatic N) is 2. The van der Waals surface area contributed by atoms with Gasteiger partial charge in [-0.05, 0) is 6.92 Å². The van der Waals surface area contributed by atoms with Gasteiger partial charge in [-0.1, -0.05) is 0 Å². The molecule has 1 aromatic rings. The number of rotatable bonds is 4. The maximum absolute atomic E-state index is 13.0. The van der Waals surface area contributed by atoms with Gasteiger partial charge >= 0.3 is 5.97 Å². The zero-order valence-electron chi connectivity index (χ0n) is 9.41. The summed E-state index contributed by atoms with van der Waals surface area (Å²) in [6.45, 7) is 1.57. The maximum Gasteiger partial charge on any atom is 0.340 e. The van der Waals surface area contributed by atoms with Gasteiger partial charge in [-0.2, -0.15) is 5.26 Å². The predicted octanol–water partition coefficient (Wildman–Crippen LogP) is 2.81. The fraction of sp³-hybridized carbons (Fsp3) is 0.364. The lowest BCUT2D eigenvalue weighted by molar-refractivity contribution is 0.0513. The Hall–Kier alpha value is -1.74. The Labute approximate surface area is 107 Å². The molecule has 0 saturated carbocycles. The van der Waals surface area contributed by atoms with E-state index in [0.717, 1.165) is 6.20 Å². The van der Waals surface area contributed by atoms with Gasteiger partial charge in [0.15, 0.2) is 0 Å². The number of pyridine rings is 1. The number of aromatic nitrogens is 1. The van der Waals surface area contributed by atoms with Gasteiger partial charge in [-0.15, -0.1) is 11.6 Å². The number of carbonyl (C=O) groups is 1. The lowest BCUT2D eigenvalue weighted by Gasteiger charge is -2.12. The summed E-state index contributed by atoms with van der Waals surface area (Å²) < 4.78 is 30.6. The fourth-order valence-electron chi connectivity index (χ4n) is 1.41. The first-order valence-corrected chi connectivity index (χ1v) is 5.53. The molecule has 96 valence electrons. The van der Waals surface area contributed by atoms with Crippen molar-refractivity contribution in [3.05, 3.63) is 28.6 Å². The monoisotopic (exact) mass is 274 g/mol. The van der Waals surface area contributed by atoms with Crippen molar-refractivity contribution < 1.29 is 18.3 Å². The molecule has 0 atom stereocenters. The highest BCUT2D eigenvalue weighted by molar-refractivity contribution is 6.17. The van der Waals surface area contributed by atoms with Crippen LogP contribution in [0.25, 0.3) is 0 Å². The van der Waals surface area contributed by atoms with Crippen molar-refractivity contribution in [2.45, 2.75) is 19.2 Å². The molecular formula is C11H9ClF2N2O2. The van der Waals surface area contributed by atoms with Gasteiger partial charge in [0.05, 0.1) is 34.9 Å². The Morgan fingerprint density at radius 2 is 2.33 bits per heavy atom. The molecule has 1 rings (SSSR count). The zero-order valence-corrected chi connectivity index (χ0v) is 10.2. The third kappa shape index (κ3) is 2.74. The normalized spacial score (nSPS) is 10.2. The van der Waals surface area contributed by atoms with Gasteiger partial charge in [-0.25, -0.2) is 13.6 Å². The van der Waals surface area contributed by atoms with Gasteiger partial charge in [0, 0.05) is 6.20 Å². The molecular weight excluding hydrogens is 266 g/mol. The average molecular weight is 275 g/mol. The number of hydrogen-bond donors (Lipinski definition) is 0. The highest BCUT2D eigenvalue weighted by Crippen LogP contribution is 2.29. The van der Waals surface area contributed by atoms with Crippen molar-refractivity contribution in [1.29, 1.82) is 5.26 Å². The number of hydrogen-bond acceptors (Lipinski definition) is 4. The highest BCUT2D eigenvalue weighted by atomic mass is 35.5. The summed E-state index contributed by atoms with van der Waals surface area (Å²) in [5.41, 5.74) is -1.48. The largest absolute Gasteiger partial charge is 0.462 e. The lowest BCUT2D eigenvalue weighted by atomic mass is 10.0. The standard InChI is InChI=1S/C11H9ClF2N2O2/c1-2-18-11(17)9-7(3-12)16-5-6(4-15)8(9)10(13)14/h5,10H,2-3H2,1H3. The first-order chi connectivity index (χ1) is 8.56. The lowest BCUT2D eigenvalue weighted by Crippen LogP contribution is -2.14. The summed E-state index contributed by atoms with van der Waals surface area (Å²) in [5, 5.41) is 8.76. The summed E-state index contributed by atoms with van der Waals surface area (Å²) in [6, 6.07) is 1.57. The molecule has 0 fully saturated rings. The Bertz CT molecular complexity index is 501. The Morgan fingerprint density at radius 3 is 2.78 bits per heavy atom. The zero-order chi connectivity index (χ0) is 13.7. The molecule has 0 radical (unpaired) electrons. The van der Waals surface area contributed by atoms with Crippen LogP contribution in [0.15, 0.2) is 6.20 Å². The van der Waals surface area contributed by atoms with Crippen LogP contribution in [-0.4, -0.2) is 17.6 Å². The third-order valence-corrected chi connectivity index (χ3v) is 2.40. The van der Waals surface area contributed by atoms with Gasteiger partial charge in [0.1, 0.15) is 6.07 Å². The summed E-state index contributed by atoms with van der Waals surface area (Å²) >= 11 is 5.55. The smallest absolute Gasteiger partial charge is 0.340 e. The van der Waals surface area contributed by atoms with E-state index in [1.807, 2.05) is 0 Å². The second-order valence-electron chi connectivity index (χ2n) is 3.17. The van der Waals surface area contributed by atoms with Crippen molar-refractivity contribution >= 4 is 17.6 Å². The van der Waals surface area contributed by atoms with E-state index in [-0.39, 0.29) is 23.7 Å². The van der Waals surface area contributed by atoms with E-state index in [2.05, 4.69) is 9.72 Å². The molecule has 0 aliphatic heterocycles. The molecule has 0 aromatic carbocycles. The van der Waals surface area contributed by atoms with Crippen molar-refractivity contribution in [1.82, 2.24) is 4.98 Å². The molecule has 0 unspecified atom stereocenters. The Balaban J connectivity index is 3.51. The SMILES string of the molecule is CCOC(=O)c1c(CCl)ncc(C#N)c1C(F)F. The second-order valence-corrected chi connectivity index (χ2v) is 3.44. The van der Waals surface area contributed by atoms with Crippen molar-refractivity contribution in [2.75, 3.05) is 6.61 Å². The van der Waals surface area contributed by atoms with E-state index in [9.17, 15) is 13.6 Å². The van der Waals surface area contributed by atoms with Crippen LogP contribution in [0.4, 0.5) is 8.78 Å². The molecule has 18 heavy (non-hydrogen) atoms. The average Bonchev–Trinajstić information content (AvgIpc) is 2.36. The van der Waals surface area contributed by atoms with Gasteiger partial charge in [0.2, 0.25) is 0 Å². The number of ether oxygens (including phenoxy) is 1. The number of carbonyl (C=O) groups excluding carboxylic acids is 1. The van der Waals surface area contributed by atoms with Crippen molar-refractivity contribution in [3.8, 4) is 6.07 Å². The summed E-state index contributed by atoms with van der Waals surface area (Å²) in [7, 11) is 0. The summed E-state index contributed by atoms with van der Waals surface area (Å²) in [4.78, 5) is 15.4. The Kier molecular flexibility index (Phi) is 4.98. The molecule has 0 aliphatic carbocycles. The number of halogens is 3. The maximum atomic E-state index is 13.0. The molecule has 4 nitrogen and oxygen atoms in total. The topological polar surface area (TPSA) is 63.0 Å². The molecule has 0 N–H and O–H groups in total. The van der Waals surface area contributed by atoms with Crippen LogP contribution >= 0.6 is 11.6 Å². The van der Waals surface area contributed by atoms with Crippen LogP contribution in [0.1, 0.15) is 40.5 Å². The summed E-state index contributed by atoms with van der Waals surface area (Å²) in [5.74, 6) is -1.17. The minimum atomic E-state index is -2.98. The molecule has 1 aromatic heterocycles. The molecule has 0 amide bonds.